The van der Waals surface area contributed by atoms with Gasteiger partial charge in [-0.15, -0.1) is 0 Å². The number of hydrogen-bond donors (Lipinski definition) is 1. The van der Waals surface area contributed by atoms with E-state index < -0.39 is 0 Å². The van der Waals surface area contributed by atoms with Crippen molar-refractivity contribution in [2.75, 3.05) is 6.54 Å². The van der Waals surface area contributed by atoms with E-state index in [1.54, 1.807) is 4.57 Å². The molecule has 1 fully saturated rings. The fraction of sp³-hybridized carbons (Fsp3) is 0.562. The highest BCUT2D eigenvalue weighted by Crippen LogP contribution is 2.24. The molecule has 0 spiro atoms. The summed E-state index contributed by atoms with van der Waals surface area (Å²) < 4.78 is 2.80. The highest BCUT2D eigenvalue weighted by Gasteiger charge is 2.25. The molecule has 2 heterocycles. The maximum atomic E-state index is 11.7. The van der Waals surface area contributed by atoms with Gasteiger partial charge in [-0.25, -0.2) is 0 Å². The molecular weight excluding hydrogens is 282 g/mol. The van der Waals surface area contributed by atoms with Crippen LogP contribution >= 0.6 is 11.3 Å². The first-order valence-electron chi connectivity index (χ1n) is 7.64. The second kappa shape index (κ2) is 5.91. The van der Waals surface area contributed by atoms with Gasteiger partial charge in [0.15, 0.2) is 0 Å². The lowest BCUT2D eigenvalue weighted by molar-refractivity contribution is 0.123. The van der Waals surface area contributed by atoms with Crippen molar-refractivity contribution in [3.05, 3.63) is 33.4 Å². The topological polar surface area (TPSA) is 51.3 Å². The first-order valence-corrected chi connectivity index (χ1v) is 8.46. The van der Waals surface area contributed by atoms with Gasteiger partial charge in [-0.2, -0.15) is 0 Å². The second-order valence-electron chi connectivity index (χ2n) is 6.12. The SMILES string of the molecule is CC(N)C1CCCCN1Cc1ccc2c(c1)sc(=O)n2C. The minimum absolute atomic E-state index is 0.105. The molecule has 0 amide bonds. The average Bonchev–Trinajstić information content (AvgIpc) is 2.74. The smallest absolute Gasteiger partial charge is 0.307 e. The second-order valence-corrected chi connectivity index (χ2v) is 7.11. The maximum absolute atomic E-state index is 11.7. The van der Waals surface area contributed by atoms with Crippen molar-refractivity contribution >= 4 is 21.6 Å². The molecule has 1 aromatic heterocycles. The van der Waals surface area contributed by atoms with Crippen LogP contribution in [0.3, 0.4) is 0 Å². The molecule has 5 heteroatoms. The number of hydrogen-bond acceptors (Lipinski definition) is 4. The minimum atomic E-state index is 0.105. The quantitative estimate of drug-likeness (QED) is 0.946. The Morgan fingerprint density at radius 1 is 1.43 bits per heavy atom. The predicted octanol–water partition coefficient (Wildman–Crippen LogP) is 2.30. The monoisotopic (exact) mass is 305 g/mol. The van der Waals surface area contributed by atoms with Crippen molar-refractivity contribution in [3.63, 3.8) is 0 Å². The lowest BCUT2D eigenvalue weighted by atomic mass is 9.96. The Balaban J connectivity index is 1.85. The standard InChI is InChI=1S/C16H23N3OS/c1-11(17)13-5-3-4-8-19(13)10-12-6-7-14-15(9-12)21-16(20)18(14)2/h6-7,9,11,13H,3-5,8,10,17H2,1-2H3. The molecule has 1 saturated heterocycles. The Morgan fingerprint density at radius 3 is 3.00 bits per heavy atom. The largest absolute Gasteiger partial charge is 0.327 e. The zero-order valence-electron chi connectivity index (χ0n) is 12.7. The maximum Gasteiger partial charge on any atom is 0.307 e. The van der Waals surface area contributed by atoms with Gasteiger partial charge in [0.25, 0.3) is 0 Å². The fourth-order valence-corrected chi connectivity index (χ4v) is 4.26. The molecule has 0 bridgehead atoms. The zero-order chi connectivity index (χ0) is 15.0. The summed E-state index contributed by atoms with van der Waals surface area (Å²) in [7, 11) is 1.83. The number of thiazole rings is 1. The van der Waals surface area contributed by atoms with Crippen molar-refractivity contribution in [1.29, 1.82) is 0 Å². The number of aromatic nitrogens is 1. The van der Waals surface area contributed by atoms with Crippen LogP contribution in [0.5, 0.6) is 0 Å². The number of rotatable bonds is 3. The average molecular weight is 305 g/mol. The molecular formula is C16H23N3OS. The van der Waals surface area contributed by atoms with E-state index in [4.69, 9.17) is 5.73 Å². The summed E-state index contributed by atoms with van der Waals surface area (Å²) >= 11 is 1.33. The summed E-state index contributed by atoms with van der Waals surface area (Å²) in [6, 6.07) is 7.05. The van der Waals surface area contributed by atoms with Gasteiger partial charge in [-0.05, 0) is 44.0 Å². The Labute approximate surface area is 129 Å². The number of benzene rings is 1. The van der Waals surface area contributed by atoms with Gasteiger partial charge in [0.2, 0.25) is 0 Å². The Bertz CT molecular complexity index is 688. The van der Waals surface area contributed by atoms with Gasteiger partial charge >= 0.3 is 4.87 Å². The fourth-order valence-electron chi connectivity index (χ4n) is 3.32. The van der Waals surface area contributed by atoms with Crippen LogP contribution in [0.4, 0.5) is 0 Å². The molecule has 2 unspecified atom stereocenters. The van der Waals surface area contributed by atoms with E-state index in [0.29, 0.717) is 6.04 Å². The molecule has 0 aliphatic carbocycles. The summed E-state index contributed by atoms with van der Waals surface area (Å²) in [6.45, 7) is 4.16. The molecule has 2 N–H and O–H groups in total. The van der Waals surface area contributed by atoms with Gasteiger partial charge in [0, 0.05) is 25.7 Å². The first kappa shape index (κ1) is 14.8. The van der Waals surface area contributed by atoms with Crippen LogP contribution in [-0.4, -0.2) is 28.1 Å². The van der Waals surface area contributed by atoms with Crippen LogP contribution in [0, 0.1) is 0 Å². The van der Waals surface area contributed by atoms with Gasteiger partial charge in [0.05, 0.1) is 10.2 Å². The molecule has 3 rings (SSSR count). The third kappa shape index (κ3) is 2.91. The molecule has 1 aromatic carbocycles. The lowest BCUT2D eigenvalue weighted by Crippen LogP contribution is -2.48. The van der Waals surface area contributed by atoms with Crippen LogP contribution in [0.2, 0.25) is 0 Å². The van der Waals surface area contributed by atoms with Gasteiger partial charge in [0.1, 0.15) is 0 Å². The molecule has 0 radical (unpaired) electrons. The van der Waals surface area contributed by atoms with Crippen molar-refractivity contribution < 1.29 is 0 Å². The highest BCUT2D eigenvalue weighted by atomic mass is 32.1. The molecule has 2 atom stereocenters. The number of nitrogens with two attached hydrogens (primary N) is 1. The van der Waals surface area contributed by atoms with Crippen LogP contribution in [0.1, 0.15) is 31.7 Å². The third-order valence-corrected chi connectivity index (χ3v) is 5.51. The number of piperidine rings is 1. The molecule has 1 aliphatic rings. The molecule has 2 aromatic rings. The molecule has 114 valence electrons. The molecule has 21 heavy (non-hydrogen) atoms. The van der Waals surface area contributed by atoms with Gasteiger partial charge in [-0.3, -0.25) is 9.69 Å². The van der Waals surface area contributed by atoms with E-state index in [2.05, 4.69) is 30.0 Å². The Hall–Kier alpha value is -1.17. The van der Waals surface area contributed by atoms with E-state index in [1.165, 1.54) is 36.2 Å². The van der Waals surface area contributed by atoms with Gasteiger partial charge < -0.3 is 10.3 Å². The molecule has 1 aliphatic heterocycles. The van der Waals surface area contributed by atoms with Crippen LogP contribution in [0.25, 0.3) is 10.2 Å². The predicted molar refractivity (Wildman–Crippen MR) is 88.8 cm³/mol. The van der Waals surface area contributed by atoms with E-state index >= 15 is 0 Å². The van der Waals surface area contributed by atoms with Crippen molar-refractivity contribution in [2.24, 2.45) is 12.8 Å². The van der Waals surface area contributed by atoms with E-state index in [1.807, 2.05) is 7.05 Å². The van der Waals surface area contributed by atoms with Crippen LogP contribution in [0.15, 0.2) is 23.0 Å². The van der Waals surface area contributed by atoms with Crippen molar-refractivity contribution in [1.82, 2.24) is 9.47 Å². The number of likely N-dealkylation sites (tertiary alicyclic amines) is 1. The summed E-state index contributed by atoms with van der Waals surface area (Å²) in [5.74, 6) is 0. The summed E-state index contributed by atoms with van der Waals surface area (Å²) in [4.78, 5) is 14.3. The number of nitrogens with zero attached hydrogens (tertiary/aromatic N) is 2. The van der Waals surface area contributed by atoms with Crippen molar-refractivity contribution in [3.8, 4) is 0 Å². The first-order chi connectivity index (χ1) is 10.1. The number of aryl methyl sites for hydroxylation is 1. The molecule has 0 saturated carbocycles. The van der Waals surface area contributed by atoms with E-state index in [-0.39, 0.29) is 10.9 Å². The minimum Gasteiger partial charge on any atom is -0.327 e. The zero-order valence-corrected chi connectivity index (χ0v) is 13.5. The van der Waals surface area contributed by atoms with Crippen molar-refractivity contribution in [2.45, 2.75) is 44.8 Å². The van der Waals surface area contributed by atoms with Gasteiger partial charge in [-0.1, -0.05) is 23.8 Å². The summed E-state index contributed by atoms with van der Waals surface area (Å²) in [5, 5.41) is 0. The summed E-state index contributed by atoms with van der Waals surface area (Å²) in [6.07, 6.45) is 3.73. The number of fused-ring (bicyclic) bond motifs is 1. The highest BCUT2D eigenvalue weighted by molar-refractivity contribution is 7.16. The van der Waals surface area contributed by atoms with Crippen LogP contribution < -0.4 is 10.6 Å². The van der Waals surface area contributed by atoms with Crippen LogP contribution in [-0.2, 0) is 13.6 Å². The lowest BCUT2D eigenvalue weighted by Gasteiger charge is -2.38. The summed E-state index contributed by atoms with van der Waals surface area (Å²) in [5.41, 5.74) is 8.44. The Morgan fingerprint density at radius 2 is 2.24 bits per heavy atom. The van der Waals surface area contributed by atoms with E-state index in [0.717, 1.165) is 23.3 Å². The normalized spacial score (nSPS) is 21.8. The van der Waals surface area contributed by atoms with E-state index in [9.17, 15) is 4.79 Å². The molecule has 4 nitrogen and oxygen atoms in total. The Kier molecular flexibility index (Phi) is 4.15. The third-order valence-electron chi connectivity index (χ3n) is 4.51.